The second kappa shape index (κ2) is 8.28. The van der Waals surface area contributed by atoms with E-state index in [4.69, 9.17) is 4.74 Å². The molecule has 0 fully saturated rings. The van der Waals surface area contributed by atoms with Crippen molar-refractivity contribution in [3.63, 3.8) is 0 Å². The van der Waals surface area contributed by atoms with Gasteiger partial charge in [0.1, 0.15) is 5.75 Å². The molecule has 2 aromatic carbocycles. The molecule has 3 nitrogen and oxygen atoms in total. The number of nitrogens with zero attached hydrogens (tertiary/aromatic N) is 1. The summed E-state index contributed by atoms with van der Waals surface area (Å²) in [6.45, 7) is 2.48. The third-order valence-corrected chi connectivity index (χ3v) is 5.02. The van der Waals surface area contributed by atoms with E-state index in [1.807, 2.05) is 43.5 Å². The molecule has 134 valence electrons. The molecule has 3 aromatic rings. The Morgan fingerprint density at radius 3 is 2.50 bits per heavy atom. The molecule has 0 amide bonds. The van der Waals surface area contributed by atoms with Crippen LogP contribution in [0, 0.1) is 6.92 Å². The minimum Gasteiger partial charge on any atom is -0.493 e. The lowest BCUT2D eigenvalue weighted by Gasteiger charge is -2.12. The minimum atomic E-state index is 0.0362. The summed E-state index contributed by atoms with van der Waals surface area (Å²) in [7, 11) is 1.79. The van der Waals surface area contributed by atoms with Gasteiger partial charge in [-0.25, -0.2) is 0 Å². The topological polar surface area (TPSA) is 31.2 Å². The van der Waals surface area contributed by atoms with E-state index in [0.29, 0.717) is 6.61 Å². The molecule has 3 rings (SSSR count). The number of hydrogen-bond donors (Lipinski definition) is 0. The van der Waals surface area contributed by atoms with Crippen molar-refractivity contribution in [2.45, 2.75) is 18.2 Å². The number of benzene rings is 2. The summed E-state index contributed by atoms with van der Waals surface area (Å²) in [4.78, 5) is 13.1. The van der Waals surface area contributed by atoms with Crippen LogP contribution in [-0.2, 0) is 13.5 Å². The largest absolute Gasteiger partial charge is 0.493 e. The molecule has 0 aliphatic carbocycles. The molecule has 4 heteroatoms. The zero-order valence-electron chi connectivity index (χ0n) is 15.4. The van der Waals surface area contributed by atoms with E-state index in [9.17, 15) is 4.79 Å². The van der Waals surface area contributed by atoms with Crippen LogP contribution in [0.2, 0.25) is 0 Å². The van der Waals surface area contributed by atoms with Gasteiger partial charge in [-0.3, -0.25) is 4.79 Å². The van der Waals surface area contributed by atoms with Crippen LogP contribution in [0.25, 0.3) is 11.1 Å². The molecule has 0 radical (unpaired) electrons. The molecule has 0 N–H and O–H groups in total. The maximum Gasteiger partial charge on any atom is 0.253 e. The van der Waals surface area contributed by atoms with Crippen molar-refractivity contribution in [1.29, 1.82) is 0 Å². The summed E-state index contributed by atoms with van der Waals surface area (Å²) < 4.78 is 7.65. The van der Waals surface area contributed by atoms with Gasteiger partial charge in [0.25, 0.3) is 5.56 Å². The lowest BCUT2D eigenvalue weighted by Crippen LogP contribution is -2.18. The third kappa shape index (κ3) is 4.38. The standard InChI is InChI=1S/C22H23NO2S/c1-16-11-19(15-23(2)22(16)24)18-12-20(14-21(13-18)26-3)25-10-9-17-7-5-4-6-8-17/h4-8,11-15H,9-10H2,1-3H3. The molecule has 0 saturated heterocycles. The van der Waals surface area contributed by atoms with Crippen LogP contribution < -0.4 is 10.3 Å². The van der Waals surface area contributed by atoms with Crippen LogP contribution in [0.3, 0.4) is 0 Å². The summed E-state index contributed by atoms with van der Waals surface area (Å²) in [6.07, 6.45) is 4.81. The van der Waals surface area contributed by atoms with E-state index in [0.717, 1.165) is 33.8 Å². The van der Waals surface area contributed by atoms with Crippen molar-refractivity contribution in [3.8, 4) is 16.9 Å². The monoisotopic (exact) mass is 365 g/mol. The van der Waals surface area contributed by atoms with E-state index in [1.54, 1.807) is 23.4 Å². The van der Waals surface area contributed by atoms with Gasteiger partial charge < -0.3 is 9.30 Å². The Hall–Kier alpha value is -2.46. The molecule has 0 saturated carbocycles. The van der Waals surface area contributed by atoms with E-state index in [2.05, 4.69) is 30.5 Å². The van der Waals surface area contributed by atoms with Crippen molar-refractivity contribution < 1.29 is 4.74 Å². The van der Waals surface area contributed by atoms with Crippen LogP contribution in [0.1, 0.15) is 11.1 Å². The highest BCUT2D eigenvalue weighted by Gasteiger charge is 2.07. The van der Waals surface area contributed by atoms with Crippen molar-refractivity contribution in [3.05, 3.63) is 82.3 Å². The van der Waals surface area contributed by atoms with E-state index in [1.165, 1.54) is 5.56 Å². The van der Waals surface area contributed by atoms with Crippen molar-refractivity contribution >= 4 is 11.8 Å². The van der Waals surface area contributed by atoms with Gasteiger partial charge in [-0.2, -0.15) is 0 Å². The minimum absolute atomic E-state index is 0.0362. The van der Waals surface area contributed by atoms with E-state index < -0.39 is 0 Å². The van der Waals surface area contributed by atoms with Crippen molar-refractivity contribution in [2.75, 3.05) is 12.9 Å². The Bertz CT molecular complexity index is 922. The number of aromatic nitrogens is 1. The van der Waals surface area contributed by atoms with Crippen molar-refractivity contribution in [2.24, 2.45) is 7.05 Å². The zero-order chi connectivity index (χ0) is 18.5. The zero-order valence-corrected chi connectivity index (χ0v) is 16.2. The summed E-state index contributed by atoms with van der Waals surface area (Å²) in [5, 5.41) is 0. The lowest BCUT2D eigenvalue weighted by molar-refractivity contribution is 0.321. The van der Waals surface area contributed by atoms with Gasteiger partial charge in [0.05, 0.1) is 6.61 Å². The molecule has 0 aliphatic rings. The Labute approximate surface area is 158 Å². The fourth-order valence-electron chi connectivity index (χ4n) is 2.91. The number of thioether (sulfide) groups is 1. The lowest BCUT2D eigenvalue weighted by atomic mass is 10.1. The number of hydrogen-bond acceptors (Lipinski definition) is 3. The molecule has 0 atom stereocenters. The molecule has 0 bridgehead atoms. The molecule has 1 heterocycles. The summed E-state index contributed by atoms with van der Waals surface area (Å²) in [5.74, 6) is 0.856. The molecular formula is C22H23NO2S. The molecule has 1 aromatic heterocycles. The van der Waals surface area contributed by atoms with E-state index in [-0.39, 0.29) is 5.56 Å². The summed E-state index contributed by atoms with van der Waals surface area (Å²) >= 11 is 1.68. The maximum absolute atomic E-state index is 12.0. The molecular weight excluding hydrogens is 342 g/mol. The quantitative estimate of drug-likeness (QED) is 0.593. The van der Waals surface area contributed by atoms with Crippen LogP contribution in [0.5, 0.6) is 5.75 Å². The molecule has 0 spiro atoms. The van der Waals surface area contributed by atoms with Gasteiger partial charge in [0.15, 0.2) is 0 Å². The Balaban J connectivity index is 1.83. The molecule has 0 aliphatic heterocycles. The third-order valence-electron chi connectivity index (χ3n) is 4.31. The number of ether oxygens (including phenoxy) is 1. The number of aryl methyl sites for hydroxylation is 2. The van der Waals surface area contributed by atoms with Gasteiger partial charge in [0, 0.05) is 30.1 Å². The average molecular weight is 365 g/mol. The molecule has 26 heavy (non-hydrogen) atoms. The normalized spacial score (nSPS) is 10.7. The van der Waals surface area contributed by atoms with Crippen LogP contribution >= 0.6 is 11.8 Å². The predicted octanol–water partition coefficient (Wildman–Crippen LogP) is 4.70. The van der Waals surface area contributed by atoms with Gasteiger partial charge in [0.2, 0.25) is 0 Å². The highest BCUT2D eigenvalue weighted by molar-refractivity contribution is 7.98. The fraction of sp³-hybridized carbons (Fsp3) is 0.227. The van der Waals surface area contributed by atoms with Crippen molar-refractivity contribution in [1.82, 2.24) is 4.57 Å². The smallest absolute Gasteiger partial charge is 0.253 e. The van der Waals surface area contributed by atoms with Gasteiger partial charge in [-0.05, 0) is 54.1 Å². The van der Waals surface area contributed by atoms with Gasteiger partial charge in [-0.15, -0.1) is 11.8 Å². The second-order valence-corrected chi connectivity index (χ2v) is 7.19. The Kier molecular flexibility index (Phi) is 5.84. The summed E-state index contributed by atoms with van der Waals surface area (Å²) in [6, 6.07) is 18.5. The highest BCUT2D eigenvalue weighted by atomic mass is 32.2. The Morgan fingerprint density at radius 1 is 1.04 bits per heavy atom. The average Bonchev–Trinajstić information content (AvgIpc) is 2.66. The Morgan fingerprint density at radius 2 is 1.81 bits per heavy atom. The van der Waals surface area contributed by atoms with Crippen LogP contribution in [0.15, 0.2) is 70.5 Å². The van der Waals surface area contributed by atoms with Crippen LogP contribution in [-0.4, -0.2) is 17.4 Å². The first-order valence-electron chi connectivity index (χ1n) is 8.60. The number of pyridine rings is 1. The highest BCUT2D eigenvalue weighted by Crippen LogP contribution is 2.30. The SMILES string of the molecule is CSc1cc(OCCc2ccccc2)cc(-c2cc(C)c(=O)n(C)c2)c1. The maximum atomic E-state index is 12.0. The fourth-order valence-corrected chi connectivity index (χ4v) is 3.39. The predicted molar refractivity (Wildman–Crippen MR) is 109 cm³/mol. The number of rotatable bonds is 6. The molecule has 0 unspecified atom stereocenters. The van der Waals surface area contributed by atoms with E-state index >= 15 is 0 Å². The van der Waals surface area contributed by atoms with Crippen LogP contribution in [0.4, 0.5) is 0 Å². The van der Waals surface area contributed by atoms with Gasteiger partial charge in [-0.1, -0.05) is 30.3 Å². The first-order chi connectivity index (χ1) is 12.6. The second-order valence-electron chi connectivity index (χ2n) is 6.31. The van der Waals surface area contributed by atoms with Gasteiger partial charge >= 0.3 is 0 Å². The first-order valence-corrected chi connectivity index (χ1v) is 9.83. The summed E-state index contributed by atoms with van der Waals surface area (Å²) in [5.41, 5.74) is 4.13. The first kappa shape index (κ1) is 18.3.